The molecule has 0 radical (unpaired) electrons. The Hall–Kier alpha value is -1.46. The van der Waals surface area contributed by atoms with E-state index in [1.165, 1.54) is 12.1 Å². The van der Waals surface area contributed by atoms with Gasteiger partial charge in [0.05, 0.1) is 0 Å². The van der Waals surface area contributed by atoms with Crippen molar-refractivity contribution < 1.29 is 19.1 Å². The van der Waals surface area contributed by atoms with Crippen LogP contribution in [-0.2, 0) is 4.79 Å². The van der Waals surface area contributed by atoms with Gasteiger partial charge in [0.2, 0.25) is 0 Å². The molecule has 0 bridgehead atoms. The zero-order valence-corrected chi connectivity index (χ0v) is 15.4. The van der Waals surface area contributed by atoms with Gasteiger partial charge in [0.15, 0.2) is 8.32 Å². The first-order chi connectivity index (χ1) is 10.5. The molecular formula is C18H27FO3Si. The standard InChI is InChI=1S/C18H27FO3Si/c1-18(2,23(3,4)22)13-12-14(6-5-7-17(20)21)15-8-10-16(19)11-9-15/h6,8-11,22H,5,7,12-13H2,1-4H3,(H,20,21)/b14-6+. The van der Waals surface area contributed by atoms with Gasteiger partial charge in [-0.3, -0.25) is 4.79 Å². The molecule has 3 nitrogen and oxygen atoms in total. The number of aliphatic carboxylic acids is 1. The van der Waals surface area contributed by atoms with Crippen molar-refractivity contribution in [2.24, 2.45) is 0 Å². The minimum absolute atomic E-state index is 0.0777. The Morgan fingerprint density at radius 2 is 1.78 bits per heavy atom. The lowest BCUT2D eigenvalue weighted by Crippen LogP contribution is -2.38. The fourth-order valence-electron chi connectivity index (χ4n) is 2.15. The van der Waals surface area contributed by atoms with E-state index in [1.807, 2.05) is 19.2 Å². The molecule has 0 spiro atoms. The van der Waals surface area contributed by atoms with E-state index in [0.717, 1.165) is 24.0 Å². The van der Waals surface area contributed by atoms with E-state index < -0.39 is 14.3 Å². The molecule has 0 saturated heterocycles. The number of rotatable bonds is 8. The van der Waals surface area contributed by atoms with Crippen molar-refractivity contribution in [2.45, 2.75) is 57.7 Å². The lowest BCUT2D eigenvalue weighted by molar-refractivity contribution is -0.136. The van der Waals surface area contributed by atoms with Gasteiger partial charge in [-0.25, -0.2) is 4.39 Å². The molecule has 1 aromatic rings. The van der Waals surface area contributed by atoms with Crippen LogP contribution in [0.15, 0.2) is 30.3 Å². The van der Waals surface area contributed by atoms with Crippen LogP contribution < -0.4 is 0 Å². The molecule has 2 N–H and O–H groups in total. The molecule has 0 aliphatic heterocycles. The Balaban J connectivity index is 2.92. The van der Waals surface area contributed by atoms with Crippen LogP contribution in [0.1, 0.15) is 45.1 Å². The molecular weight excluding hydrogens is 311 g/mol. The summed E-state index contributed by atoms with van der Waals surface area (Å²) in [7, 11) is -2.29. The zero-order chi connectivity index (χ0) is 17.7. The summed E-state index contributed by atoms with van der Waals surface area (Å²) in [5.41, 5.74) is 1.92. The number of carbonyl (C=O) groups is 1. The van der Waals surface area contributed by atoms with Crippen LogP contribution in [0.2, 0.25) is 18.1 Å². The Morgan fingerprint density at radius 3 is 2.26 bits per heavy atom. The highest BCUT2D eigenvalue weighted by Crippen LogP contribution is 2.41. The zero-order valence-electron chi connectivity index (χ0n) is 14.4. The van der Waals surface area contributed by atoms with Gasteiger partial charge in [-0.15, -0.1) is 0 Å². The summed E-state index contributed by atoms with van der Waals surface area (Å²) in [6.07, 6.45) is 3.98. The largest absolute Gasteiger partial charge is 0.481 e. The second-order valence-electron chi connectivity index (χ2n) is 7.11. The Bertz CT molecular complexity index is 557. The predicted octanol–water partition coefficient (Wildman–Crippen LogP) is 4.83. The smallest absolute Gasteiger partial charge is 0.303 e. The number of halogens is 1. The van der Waals surface area contributed by atoms with Crippen molar-refractivity contribution in [1.29, 1.82) is 0 Å². The SMILES string of the molecule is CC(C)(CC/C(=C\CCC(=O)O)c1ccc(F)cc1)[Si](C)(C)O. The van der Waals surface area contributed by atoms with Crippen LogP contribution in [-0.4, -0.2) is 24.2 Å². The first-order valence-corrected chi connectivity index (χ1v) is 10.9. The number of hydrogen-bond donors (Lipinski definition) is 2. The highest BCUT2D eigenvalue weighted by Gasteiger charge is 2.37. The van der Waals surface area contributed by atoms with Crippen molar-refractivity contribution in [3.63, 3.8) is 0 Å². The van der Waals surface area contributed by atoms with Crippen molar-refractivity contribution in [1.82, 2.24) is 0 Å². The number of carboxylic acids is 1. The maximum absolute atomic E-state index is 13.1. The van der Waals surface area contributed by atoms with Gasteiger partial charge in [0.25, 0.3) is 0 Å². The van der Waals surface area contributed by atoms with Crippen LogP contribution in [0.25, 0.3) is 5.57 Å². The van der Waals surface area contributed by atoms with E-state index in [0.29, 0.717) is 6.42 Å². The van der Waals surface area contributed by atoms with Crippen LogP contribution in [0.5, 0.6) is 0 Å². The van der Waals surface area contributed by atoms with E-state index >= 15 is 0 Å². The normalized spacial score (nSPS) is 13.2. The average molecular weight is 338 g/mol. The summed E-state index contributed by atoms with van der Waals surface area (Å²) in [4.78, 5) is 21.1. The van der Waals surface area contributed by atoms with Gasteiger partial charge < -0.3 is 9.90 Å². The molecule has 0 aromatic heterocycles. The molecule has 1 rings (SSSR count). The van der Waals surface area contributed by atoms with Crippen LogP contribution in [0, 0.1) is 5.82 Å². The summed E-state index contributed by atoms with van der Waals surface area (Å²) < 4.78 is 13.1. The van der Waals surface area contributed by atoms with Crippen molar-refractivity contribution in [3.05, 3.63) is 41.7 Å². The Morgan fingerprint density at radius 1 is 1.22 bits per heavy atom. The van der Waals surface area contributed by atoms with Crippen LogP contribution in [0.3, 0.4) is 0 Å². The number of benzene rings is 1. The van der Waals surface area contributed by atoms with E-state index in [-0.39, 0.29) is 17.3 Å². The molecule has 5 heteroatoms. The number of carboxylic acid groups (broad SMARTS) is 1. The summed E-state index contributed by atoms with van der Waals surface area (Å²) in [5, 5.41) is 8.64. The van der Waals surface area contributed by atoms with E-state index in [9.17, 15) is 14.0 Å². The second-order valence-corrected chi connectivity index (χ2v) is 11.6. The predicted molar refractivity (Wildman–Crippen MR) is 94.2 cm³/mol. The van der Waals surface area contributed by atoms with Crippen LogP contribution in [0.4, 0.5) is 4.39 Å². The minimum atomic E-state index is -2.29. The molecule has 23 heavy (non-hydrogen) atoms. The highest BCUT2D eigenvalue weighted by molar-refractivity contribution is 6.72. The average Bonchev–Trinajstić information content (AvgIpc) is 2.42. The Labute approximate surface area is 139 Å². The van der Waals surface area contributed by atoms with Crippen molar-refractivity contribution in [3.8, 4) is 0 Å². The first-order valence-electron chi connectivity index (χ1n) is 7.92. The van der Waals surface area contributed by atoms with Crippen molar-refractivity contribution >= 4 is 19.9 Å². The maximum Gasteiger partial charge on any atom is 0.303 e. The van der Waals surface area contributed by atoms with Crippen LogP contribution >= 0.6 is 0 Å². The van der Waals surface area contributed by atoms with Gasteiger partial charge in [0.1, 0.15) is 5.82 Å². The molecule has 0 atom stereocenters. The van der Waals surface area contributed by atoms with Gasteiger partial charge in [-0.2, -0.15) is 0 Å². The summed E-state index contributed by atoms with van der Waals surface area (Å²) >= 11 is 0. The van der Waals surface area contributed by atoms with E-state index in [4.69, 9.17) is 5.11 Å². The molecule has 0 heterocycles. The topological polar surface area (TPSA) is 57.5 Å². The molecule has 0 aliphatic carbocycles. The quantitative estimate of drug-likeness (QED) is 0.667. The molecule has 0 fully saturated rings. The molecule has 0 aliphatic rings. The summed E-state index contributed by atoms with van der Waals surface area (Å²) in [5.74, 6) is -1.12. The van der Waals surface area contributed by atoms with Crippen molar-refractivity contribution in [2.75, 3.05) is 0 Å². The summed E-state index contributed by atoms with van der Waals surface area (Å²) in [6, 6.07) is 6.26. The summed E-state index contributed by atoms with van der Waals surface area (Å²) in [6.45, 7) is 7.99. The molecule has 1 aromatic carbocycles. The fraction of sp³-hybridized carbons (Fsp3) is 0.500. The highest BCUT2D eigenvalue weighted by atomic mass is 28.4. The first kappa shape index (κ1) is 19.6. The third-order valence-electron chi connectivity index (χ3n) is 4.64. The van der Waals surface area contributed by atoms with Gasteiger partial charge in [0, 0.05) is 6.42 Å². The molecule has 0 unspecified atom stereocenters. The third-order valence-corrected chi connectivity index (χ3v) is 8.20. The lowest BCUT2D eigenvalue weighted by Gasteiger charge is -2.35. The molecule has 0 amide bonds. The van der Waals surface area contributed by atoms with Gasteiger partial charge in [-0.1, -0.05) is 32.1 Å². The Kier molecular flexibility index (Phi) is 6.71. The van der Waals surface area contributed by atoms with E-state index in [2.05, 4.69) is 13.8 Å². The molecule has 0 saturated carbocycles. The monoisotopic (exact) mass is 338 g/mol. The van der Waals surface area contributed by atoms with Gasteiger partial charge in [-0.05, 0) is 60.7 Å². The number of hydrogen-bond acceptors (Lipinski definition) is 2. The second kappa shape index (κ2) is 7.88. The third kappa shape index (κ3) is 6.27. The van der Waals surface area contributed by atoms with Gasteiger partial charge >= 0.3 is 5.97 Å². The fourth-order valence-corrected chi connectivity index (χ4v) is 2.89. The maximum atomic E-state index is 13.1. The van der Waals surface area contributed by atoms with E-state index in [1.54, 1.807) is 12.1 Å². The lowest BCUT2D eigenvalue weighted by atomic mass is 9.95. The minimum Gasteiger partial charge on any atom is -0.481 e. The number of allylic oxidation sites excluding steroid dienone is 2. The molecule has 128 valence electrons.